The first kappa shape index (κ1) is 11.6. The molecule has 2 aromatic rings. The molecule has 0 radical (unpaired) electrons. The van der Waals surface area contributed by atoms with Crippen LogP contribution in [0.3, 0.4) is 0 Å². The van der Waals surface area contributed by atoms with Crippen molar-refractivity contribution in [1.82, 2.24) is 9.55 Å². The van der Waals surface area contributed by atoms with Gasteiger partial charge in [0.15, 0.2) is 4.77 Å². The first-order valence-electron chi connectivity index (χ1n) is 7.09. The maximum absolute atomic E-state index is 13.2. The fourth-order valence-electron chi connectivity index (χ4n) is 4.15. The molecular formula is C15H17FN2S. The number of H-pyrrole nitrogens is 1. The predicted molar refractivity (Wildman–Crippen MR) is 76.0 cm³/mol. The third-order valence-corrected chi connectivity index (χ3v) is 5.36. The fraction of sp³-hybridized carbons (Fsp3) is 0.533. The number of fused-ring (bicyclic) bond motifs is 3. The molecule has 3 unspecified atom stereocenters. The van der Waals surface area contributed by atoms with Gasteiger partial charge in [-0.15, -0.1) is 0 Å². The highest BCUT2D eigenvalue weighted by molar-refractivity contribution is 7.71. The smallest absolute Gasteiger partial charge is 0.178 e. The third kappa shape index (κ3) is 1.84. The van der Waals surface area contributed by atoms with E-state index in [4.69, 9.17) is 12.2 Å². The summed E-state index contributed by atoms with van der Waals surface area (Å²) in [6.45, 7) is 0.992. The number of aromatic nitrogens is 2. The van der Waals surface area contributed by atoms with Crippen molar-refractivity contribution in [2.45, 2.75) is 32.2 Å². The van der Waals surface area contributed by atoms with Crippen molar-refractivity contribution < 1.29 is 4.39 Å². The number of nitrogens with zero attached hydrogens (tertiary/aromatic N) is 1. The van der Waals surface area contributed by atoms with Crippen molar-refractivity contribution in [3.63, 3.8) is 0 Å². The number of imidazole rings is 1. The van der Waals surface area contributed by atoms with Gasteiger partial charge in [-0.2, -0.15) is 0 Å². The van der Waals surface area contributed by atoms with E-state index >= 15 is 0 Å². The highest BCUT2D eigenvalue weighted by atomic mass is 32.1. The predicted octanol–water partition coefficient (Wildman–Crippen LogP) is 4.27. The second-order valence-corrected chi connectivity index (χ2v) is 6.52. The molecule has 19 heavy (non-hydrogen) atoms. The molecule has 2 aliphatic rings. The van der Waals surface area contributed by atoms with Crippen LogP contribution in [0.4, 0.5) is 4.39 Å². The number of aromatic amines is 1. The van der Waals surface area contributed by atoms with Crippen LogP contribution in [0.5, 0.6) is 0 Å². The summed E-state index contributed by atoms with van der Waals surface area (Å²) in [5, 5.41) is 0. The van der Waals surface area contributed by atoms with Crippen molar-refractivity contribution in [2.75, 3.05) is 0 Å². The average Bonchev–Trinajstić information content (AvgIpc) is 3.05. The molecule has 4 heteroatoms. The molecule has 0 aliphatic heterocycles. The zero-order chi connectivity index (χ0) is 13.0. The summed E-state index contributed by atoms with van der Waals surface area (Å²) in [6.07, 6.45) is 5.57. The Balaban J connectivity index is 1.71. The third-order valence-electron chi connectivity index (χ3n) is 5.04. The van der Waals surface area contributed by atoms with Crippen molar-refractivity contribution in [3.8, 4) is 0 Å². The maximum Gasteiger partial charge on any atom is 0.178 e. The second-order valence-electron chi connectivity index (χ2n) is 6.14. The molecule has 2 fully saturated rings. The fourth-order valence-corrected chi connectivity index (χ4v) is 4.43. The van der Waals surface area contributed by atoms with Crippen LogP contribution in [-0.4, -0.2) is 9.55 Å². The van der Waals surface area contributed by atoms with Gasteiger partial charge in [-0.25, -0.2) is 4.39 Å². The molecule has 2 nitrogen and oxygen atoms in total. The van der Waals surface area contributed by atoms with Gasteiger partial charge in [0.25, 0.3) is 0 Å². The van der Waals surface area contributed by atoms with E-state index < -0.39 is 0 Å². The Kier molecular flexibility index (Phi) is 2.56. The Morgan fingerprint density at radius 1 is 1.32 bits per heavy atom. The van der Waals surface area contributed by atoms with Crippen LogP contribution in [0.2, 0.25) is 0 Å². The van der Waals surface area contributed by atoms with E-state index in [1.807, 2.05) is 6.07 Å². The van der Waals surface area contributed by atoms with Crippen LogP contribution < -0.4 is 0 Å². The minimum Gasteiger partial charge on any atom is -0.330 e. The molecule has 4 rings (SSSR count). The lowest BCUT2D eigenvalue weighted by atomic mass is 9.89. The van der Waals surface area contributed by atoms with Crippen LogP contribution in [0.15, 0.2) is 18.2 Å². The lowest BCUT2D eigenvalue weighted by Gasteiger charge is -2.22. The molecule has 2 bridgehead atoms. The first-order valence-corrected chi connectivity index (χ1v) is 7.49. The summed E-state index contributed by atoms with van der Waals surface area (Å²) in [7, 11) is 0. The van der Waals surface area contributed by atoms with E-state index in [-0.39, 0.29) is 5.82 Å². The van der Waals surface area contributed by atoms with Gasteiger partial charge in [0.1, 0.15) is 5.82 Å². The highest BCUT2D eigenvalue weighted by Gasteiger charge is 2.39. The molecule has 1 N–H and O–H groups in total. The summed E-state index contributed by atoms with van der Waals surface area (Å²) in [4.78, 5) is 3.12. The molecule has 1 aromatic heterocycles. The lowest BCUT2D eigenvalue weighted by Crippen LogP contribution is -2.17. The Morgan fingerprint density at radius 3 is 2.95 bits per heavy atom. The SMILES string of the molecule is Fc1ccc2c(c1)[nH]c(=S)n2CC1CC2CCC1C2. The Hall–Kier alpha value is -1.16. The molecule has 0 amide bonds. The molecule has 0 saturated heterocycles. The molecule has 2 aliphatic carbocycles. The summed E-state index contributed by atoms with van der Waals surface area (Å²) < 4.78 is 16.1. The van der Waals surface area contributed by atoms with Crippen molar-refractivity contribution in [1.29, 1.82) is 0 Å². The van der Waals surface area contributed by atoms with Crippen LogP contribution in [0.1, 0.15) is 25.7 Å². The van der Waals surface area contributed by atoms with Gasteiger partial charge in [0.05, 0.1) is 11.0 Å². The van der Waals surface area contributed by atoms with E-state index in [1.165, 1.54) is 37.8 Å². The van der Waals surface area contributed by atoms with E-state index in [1.54, 1.807) is 0 Å². The summed E-state index contributed by atoms with van der Waals surface area (Å²) in [5.74, 6) is 2.38. The molecule has 1 heterocycles. The van der Waals surface area contributed by atoms with Gasteiger partial charge in [0, 0.05) is 6.54 Å². The van der Waals surface area contributed by atoms with Gasteiger partial charge in [-0.05, 0) is 67.4 Å². The topological polar surface area (TPSA) is 20.7 Å². The van der Waals surface area contributed by atoms with Crippen LogP contribution >= 0.6 is 12.2 Å². The number of nitrogens with one attached hydrogen (secondary N) is 1. The summed E-state index contributed by atoms with van der Waals surface area (Å²) in [5.41, 5.74) is 1.85. The number of benzene rings is 1. The van der Waals surface area contributed by atoms with Crippen LogP contribution in [-0.2, 0) is 6.54 Å². The van der Waals surface area contributed by atoms with E-state index in [0.29, 0.717) is 0 Å². The zero-order valence-corrected chi connectivity index (χ0v) is 11.5. The monoisotopic (exact) mass is 276 g/mol. The van der Waals surface area contributed by atoms with Crippen molar-refractivity contribution in [3.05, 3.63) is 28.8 Å². The Bertz CT molecular complexity index is 687. The second kappa shape index (κ2) is 4.17. The number of hydrogen-bond donors (Lipinski definition) is 1. The Morgan fingerprint density at radius 2 is 2.21 bits per heavy atom. The number of rotatable bonds is 2. The van der Waals surface area contributed by atoms with Gasteiger partial charge >= 0.3 is 0 Å². The highest BCUT2D eigenvalue weighted by Crippen LogP contribution is 2.49. The first-order chi connectivity index (χ1) is 9.20. The summed E-state index contributed by atoms with van der Waals surface area (Å²) >= 11 is 5.40. The van der Waals surface area contributed by atoms with Crippen LogP contribution in [0, 0.1) is 28.3 Å². The molecule has 2 saturated carbocycles. The van der Waals surface area contributed by atoms with Gasteiger partial charge in [-0.1, -0.05) is 6.42 Å². The van der Waals surface area contributed by atoms with Gasteiger partial charge < -0.3 is 9.55 Å². The zero-order valence-electron chi connectivity index (χ0n) is 10.7. The van der Waals surface area contributed by atoms with Crippen LogP contribution in [0.25, 0.3) is 11.0 Å². The minimum absolute atomic E-state index is 0.212. The Labute approximate surface area is 116 Å². The molecule has 0 spiro atoms. The average molecular weight is 276 g/mol. The molecular weight excluding hydrogens is 259 g/mol. The van der Waals surface area contributed by atoms with Crippen molar-refractivity contribution in [2.24, 2.45) is 17.8 Å². The standard InChI is InChI=1S/C15H17FN2S/c16-12-3-4-14-13(7-12)17-15(19)18(14)8-11-6-9-1-2-10(11)5-9/h3-4,7,9-11H,1-2,5-6,8H2,(H,17,19). The van der Waals surface area contributed by atoms with E-state index in [0.717, 1.165) is 40.1 Å². The summed E-state index contributed by atoms with van der Waals surface area (Å²) in [6, 6.07) is 4.88. The molecule has 100 valence electrons. The normalized spacial score (nSPS) is 29.4. The number of halogens is 1. The van der Waals surface area contributed by atoms with Gasteiger partial charge in [-0.3, -0.25) is 0 Å². The number of hydrogen-bond acceptors (Lipinski definition) is 1. The molecule has 1 aromatic carbocycles. The van der Waals surface area contributed by atoms with Gasteiger partial charge in [0.2, 0.25) is 0 Å². The lowest BCUT2D eigenvalue weighted by molar-refractivity contribution is 0.297. The van der Waals surface area contributed by atoms with Crippen molar-refractivity contribution >= 4 is 23.3 Å². The maximum atomic E-state index is 13.2. The quantitative estimate of drug-likeness (QED) is 0.812. The van der Waals surface area contributed by atoms with E-state index in [2.05, 4.69) is 9.55 Å². The largest absolute Gasteiger partial charge is 0.330 e. The molecule has 3 atom stereocenters. The van der Waals surface area contributed by atoms with E-state index in [9.17, 15) is 4.39 Å². The minimum atomic E-state index is -0.212.